The van der Waals surface area contributed by atoms with Gasteiger partial charge >= 0.3 is 39.5 Å². The number of hydrogen-bond acceptors (Lipinski definition) is 15. The fourth-order valence-electron chi connectivity index (χ4n) is 12.8. The molecule has 0 heterocycles. The SMILES string of the molecule is CCCCCCCCCCCCCCCCCCCC(=O)OC[C@H](COP(=O)(O)OC[C@@H](O)COP(=O)(O)OC[C@@H](COC(=O)CCCCCCCCCCCCCCC)OC(=O)CCCCCCCCCCCCC(C)CC)OC(=O)CCCCCCCCCCCCCCCCC(C)CC. The number of phosphoric acid groups is 2. The van der Waals surface area contributed by atoms with Gasteiger partial charge in [-0.15, -0.1) is 0 Å². The first-order valence-corrected chi connectivity index (χ1v) is 46.1. The van der Waals surface area contributed by atoms with Crippen LogP contribution in [-0.2, 0) is 65.4 Å². The molecule has 0 saturated heterocycles. The van der Waals surface area contributed by atoms with E-state index >= 15 is 0 Å². The molecule has 0 aromatic rings. The number of phosphoric ester groups is 2. The molecule has 0 spiro atoms. The Morgan fingerprint density at radius 2 is 0.471 bits per heavy atom. The van der Waals surface area contributed by atoms with Crippen molar-refractivity contribution < 1.29 is 80.2 Å². The average molecular weight is 1490 g/mol. The van der Waals surface area contributed by atoms with Crippen LogP contribution in [0.25, 0.3) is 0 Å². The Balaban J connectivity index is 5.27. The summed E-state index contributed by atoms with van der Waals surface area (Å²) in [6.45, 7) is 9.74. The zero-order chi connectivity index (χ0) is 74.9. The molecular weight excluding hydrogens is 1330 g/mol. The predicted octanol–water partition coefficient (Wildman–Crippen LogP) is 25.1. The molecule has 17 nitrogen and oxygen atoms in total. The van der Waals surface area contributed by atoms with Crippen molar-refractivity contribution >= 4 is 39.5 Å². The summed E-state index contributed by atoms with van der Waals surface area (Å²) >= 11 is 0. The van der Waals surface area contributed by atoms with E-state index in [1.54, 1.807) is 0 Å². The molecule has 0 rings (SSSR count). The fraction of sp³-hybridized carbons (Fsp3) is 0.952. The Kier molecular flexibility index (Phi) is 73.1. The molecule has 606 valence electrons. The third kappa shape index (κ3) is 73.6. The van der Waals surface area contributed by atoms with Gasteiger partial charge in [0.1, 0.15) is 19.3 Å². The quantitative estimate of drug-likeness (QED) is 0.0222. The van der Waals surface area contributed by atoms with Gasteiger partial charge in [-0.05, 0) is 37.5 Å². The van der Waals surface area contributed by atoms with E-state index < -0.39 is 97.5 Å². The molecule has 3 N–H and O–H groups in total. The molecule has 0 amide bonds. The summed E-state index contributed by atoms with van der Waals surface area (Å²) in [5.41, 5.74) is 0. The van der Waals surface area contributed by atoms with Crippen molar-refractivity contribution in [1.29, 1.82) is 0 Å². The van der Waals surface area contributed by atoms with Crippen molar-refractivity contribution in [2.45, 2.75) is 458 Å². The van der Waals surface area contributed by atoms with Crippen molar-refractivity contribution in [3.63, 3.8) is 0 Å². The van der Waals surface area contributed by atoms with Gasteiger partial charge in [0, 0.05) is 25.7 Å². The Hall–Kier alpha value is -1.94. The summed E-state index contributed by atoms with van der Waals surface area (Å²) in [4.78, 5) is 73.2. The third-order valence-corrected chi connectivity index (χ3v) is 22.1. The second-order valence-corrected chi connectivity index (χ2v) is 33.3. The number of unbranched alkanes of at least 4 members (excludes halogenated alkanes) is 50. The lowest BCUT2D eigenvalue weighted by atomic mass is 9.99. The molecule has 0 fully saturated rings. The van der Waals surface area contributed by atoms with E-state index in [4.69, 9.17) is 37.0 Å². The van der Waals surface area contributed by atoms with Crippen molar-refractivity contribution in [2.75, 3.05) is 39.6 Å². The van der Waals surface area contributed by atoms with Crippen molar-refractivity contribution in [3.05, 3.63) is 0 Å². The number of hydrogen-bond donors (Lipinski definition) is 3. The number of ether oxygens (including phenoxy) is 4. The first kappa shape index (κ1) is 100. The molecule has 102 heavy (non-hydrogen) atoms. The zero-order valence-corrected chi connectivity index (χ0v) is 68.7. The van der Waals surface area contributed by atoms with Gasteiger partial charge in [0.25, 0.3) is 0 Å². The van der Waals surface area contributed by atoms with Crippen molar-refractivity contribution in [3.8, 4) is 0 Å². The monoisotopic (exact) mass is 1490 g/mol. The molecule has 7 atom stereocenters. The molecule has 0 radical (unpaired) electrons. The second-order valence-electron chi connectivity index (χ2n) is 30.4. The molecular formula is C83H162O17P2. The molecule has 19 heteroatoms. The van der Waals surface area contributed by atoms with E-state index in [1.165, 1.54) is 257 Å². The van der Waals surface area contributed by atoms with Crippen LogP contribution >= 0.6 is 15.6 Å². The lowest BCUT2D eigenvalue weighted by Gasteiger charge is -2.21. The highest BCUT2D eigenvalue weighted by Gasteiger charge is 2.30. The van der Waals surface area contributed by atoms with E-state index in [9.17, 15) is 43.2 Å². The minimum Gasteiger partial charge on any atom is -0.462 e. The predicted molar refractivity (Wildman–Crippen MR) is 418 cm³/mol. The largest absolute Gasteiger partial charge is 0.472 e. The normalized spacial score (nSPS) is 14.4. The topological polar surface area (TPSA) is 237 Å². The Labute approximate surface area is 626 Å². The zero-order valence-electron chi connectivity index (χ0n) is 66.9. The number of carbonyl (C=O) groups excluding carboxylic acids is 4. The number of esters is 4. The molecule has 0 aromatic carbocycles. The Morgan fingerprint density at radius 3 is 0.696 bits per heavy atom. The van der Waals surface area contributed by atoms with Gasteiger partial charge in [-0.1, -0.05) is 388 Å². The van der Waals surface area contributed by atoms with Crippen molar-refractivity contribution in [1.82, 2.24) is 0 Å². The van der Waals surface area contributed by atoms with E-state index in [0.717, 1.165) is 102 Å². The van der Waals surface area contributed by atoms with Gasteiger partial charge in [-0.2, -0.15) is 0 Å². The van der Waals surface area contributed by atoms with Crippen LogP contribution in [0.5, 0.6) is 0 Å². The van der Waals surface area contributed by atoms with Crippen molar-refractivity contribution in [2.24, 2.45) is 11.8 Å². The van der Waals surface area contributed by atoms with E-state index in [-0.39, 0.29) is 25.7 Å². The summed E-state index contributed by atoms with van der Waals surface area (Å²) in [6.07, 6.45) is 64.9. The van der Waals surface area contributed by atoms with Gasteiger partial charge in [0.05, 0.1) is 26.4 Å². The van der Waals surface area contributed by atoms with Crippen LogP contribution in [0.2, 0.25) is 0 Å². The van der Waals surface area contributed by atoms with Crippen LogP contribution in [0.4, 0.5) is 0 Å². The van der Waals surface area contributed by atoms with Crippen LogP contribution in [0.3, 0.4) is 0 Å². The minimum absolute atomic E-state index is 0.107. The molecule has 0 saturated carbocycles. The first-order chi connectivity index (χ1) is 49.4. The molecule has 0 aliphatic rings. The third-order valence-electron chi connectivity index (χ3n) is 20.2. The lowest BCUT2D eigenvalue weighted by molar-refractivity contribution is -0.161. The molecule has 0 aliphatic heterocycles. The van der Waals surface area contributed by atoms with Gasteiger partial charge in [0.2, 0.25) is 0 Å². The van der Waals surface area contributed by atoms with Crippen LogP contribution in [0.15, 0.2) is 0 Å². The van der Waals surface area contributed by atoms with Crippen LogP contribution in [-0.4, -0.2) is 96.7 Å². The maximum Gasteiger partial charge on any atom is 0.472 e. The minimum atomic E-state index is -4.96. The summed E-state index contributed by atoms with van der Waals surface area (Å²) in [6, 6.07) is 0. The van der Waals surface area contributed by atoms with E-state index in [0.29, 0.717) is 25.7 Å². The molecule has 4 unspecified atom stereocenters. The van der Waals surface area contributed by atoms with Crippen LogP contribution in [0, 0.1) is 11.8 Å². The number of aliphatic hydroxyl groups is 1. The Morgan fingerprint density at radius 1 is 0.275 bits per heavy atom. The highest BCUT2D eigenvalue weighted by Crippen LogP contribution is 2.45. The Bertz CT molecular complexity index is 1960. The molecule has 0 aliphatic carbocycles. The van der Waals surface area contributed by atoms with Gasteiger partial charge in [0.15, 0.2) is 12.2 Å². The first-order valence-electron chi connectivity index (χ1n) is 43.1. The van der Waals surface area contributed by atoms with Gasteiger partial charge in [-0.25, -0.2) is 9.13 Å². The lowest BCUT2D eigenvalue weighted by Crippen LogP contribution is -2.30. The van der Waals surface area contributed by atoms with Crippen LogP contribution < -0.4 is 0 Å². The van der Waals surface area contributed by atoms with E-state index in [2.05, 4.69) is 41.5 Å². The summed E-state index contributed by atoms with van der Waals surface area (Å²) < 4.78 is 68.8. The standard InChI is InChI=1S/C83H162O17P2/c1-7-11-13-15-17-19-21-23-24-25-26-31-35-42-48-54-60-66-81(86)94-71-78(99-82(87)67-61-55-49-43-36-32-28-27-30-33-39-45-51-57-63-75(5)9-3)73-97-101(89,90)95-69-77(84)70-96-102(91,92)98-74-79(72-93-80(85)65-59-53-47-41-34-29-22-20-18-16-14-12-8-2)100-83(88)68-62-56-50-44-38-37-40-46-52-58-64-76(6)10-4/h75-79,84H,7-74H2,1-6H3,(H,89,90)(H,91,92)/t75?,76?,77-,78-,79-/m1/s1. The van der Waals surface area contributed by atoms with E-state index in [1.807, 2.05) is 0 Å². The van der Waals surface area contributed by atoms with Gasteiger partial charge < -0.3 is 33.8 Å². The highest BCUT2D eigenvalue weighted by atomic mass is 31.2. The van der Waals surface area contributed by atoms with Crippen LogP contribution in [0.1, 0.15) is 440 Å². The molecule has 0 aromatic heterocycles. The van der Waals surface area contributed by atoms with Gasteiger partial charge in [-0.3, -0.25) is 37.3 Å². The smallest absolute Gasteiger partial charge is 0.462 e. The average Bonchev–Trinajstić information content (AvgIpc) is 0.913. The summed E-state index contributed by atoms with van der Waals surface area (Å²) in [7, 11) is -9.92. The maximum atomic E-state index is 13.1. The maximum absolute atomic E-state index is 13.1. The number of aliphatic hydroxyl groups excluding tert-OH is 1. The summed E-state index contributed by atoms with van der Waals surface area (Å²) in [5.74, 6) is -0.455. The molecule has 0 bridgehead atoms. The summed E-state index contributed by atoms with van der Waals surface area (Å²) in [5, 5.41) is 10.7. The number of rotatable bonds is 82. The fourth-order valence-corrected chi connectivity index (χ4v) is 14.4. The highest BCUT2D eigenvalue weighted by molar-refractivity contribution is 7.47. The second kappa shape index (κ2) is 74.5. The number of carbonyl (C=O) groups is 4.